The Morgan fingerprint density at radius 1 is 1.44 bits per heavy atom. The van der Waals surface area contributed by atoms with Gasteiger partial charge in [0.25, 0.3) is 0 Å². The van der Waals surface area contributed by atoms with Crippen molar-refractivity contribution in [3.05, 3.63) is 0 Å². The van der Waals surface area contributed by atoms with Crippen LogP contribution in [0.5, 0.6) is 0 Å². The van der Waals surface area contributed by atoms with Crippen LogP contribution in [-0.2, 0) is 9.84 Å². The van der Waals surface area contributed by atoms with E-state index >= 15 is 0 Å². The summed E-state index contributed by atoms with van der Waals surface area (Å²) in [6.07, 6.45) is 3.82. The second-order valence-electron chi connectivity index (χ2n) is 4.74. The number of rotatable bonds is 6. The molecule has 1 aliphatic heterocycles. The Balaban J connectivity index is 2.30. The van der Waals surface area contributed by atoms with E-state index in [-0.39, 0.29) is 5.75 Å². The van der Waals surface area contributed by atoms with Crippen molar-refractivity contribution in [2.75, 3.05) is 44.7 Å². The van der Waals surface area contributed by atoms with Gasteiger partial charge in [-0.1, -0.05) is 6.92 Å². The predicted octanol–water partition coefficient (Wildman–Crippen LogP) is 0.353. The number of piperidine rings is 1. The van der Waals surface area contributed by atoms with Crippen molar-refractivity contribution in [2.45, 2.75) is 19.8 Å². The lowest BCUT2D eigenvalue weighted by molar-refractivity contribution is 0.226. The molecule has 1 fully saturated rings. The molecular weight excluding hydrogens is 224 g/mol. The summed E-state index contributed by atoms with van der Waals surface area (Å²) < 4.78 is 22.2. The van der Waals surface area contributed by atoms with Gasteiger partial charge >= 0.3 is 0 Å². The molecule has 1 aliphatic rings. The second-order valence-corrected chi connectivity index (χ2v) is 7.00. The summed E-state index contributed by atoms with van der Waals surface area (Å²) in [7, 11) is -2.83. The summed E-state index contributed by atoms with van der Waals surface area (Å²) in [5.41, 5.74) is 0. The third kappa shape index (κ3) is 5.82. The van der Waals surface area contributed by atoms with E-state index in [1.807, 2.05) is 0 Å². The molecule has 1 saturated heterocycles. The van der Waals surface area contributed by atoms with Crippen LogP contribution in [0.2, 0.25) is 0 Å². The summed E-state index contributed by atoms with van der Waals surface area (Å²) in [4.78, 5) is 2.25. The average molecular weight is 248 g/mol. The Morgan fingerprint density at radius 3 is 2.69 bits per heavy atom. The number of nitrogens with zero attached hydrogens (tertiary/aromatic N) is 1. The van der Waals surface area contributed by atoms with E-state index in [1.165, 1.54) is 19.1 Å². The van der Waals surface area contributed by atoms with Crippen molar-refractivity contribution in [1.29, 1.82) is 0 Å². The highest BCUT2D eigenvalue weighted by Gasteiger charge is 2.16. The molecular formula is C11H24N2O2S. The second kappa shape index (κ2) is 6.57. The molecule has 0 aromatic rings. The number of nitrogens with one attached hydrogen (secondary N) is 1. The molecule has 96 valence electrons. The van der Waals surface area contributed by atoms with Gasteiger partial charge in [0.15, 0.2) is 0 Å². The lowest BCUT2D eigenvalue weighted by atomic mass is 9.99. The van der Waals surface area contributed by atoms with Gasteiger partial charge < -0.3 is 10.2 Å². The van der Waals surface area contributed by atoms with E-state index in [0.717, 1.165) is 26.2 Å². The first-order valence-electron chi connectivity index (χ1n) is 6.12. The molecule has 0 amide bonds. The van der Waals surface area contributed by atoms with E-state index in [9.17, 15) is 8.42 Å². The summed E-state index contributed by atoms with van der Waals surface area (Å²) in [6, 6.07) is 0. The zero-order valence-corrected chi connectivity index (χ0v) is 11.2. The maximum absolute atomic E-state index is 11.1. The maximum Gasteiger partial charge on any atom is 0.148 e. The Labute approximate surface area is 99.3 Å². The Kier molecular flexibility index (Phi) is 5.72. The molecule has 0 spiro atoms. The van der Waals surface area contributed by atoms with Gasteiger partial charge in [-0.05, 0) is 38.4 Å². The zero-order chi connectivity index (χ0) is 12.0. The quantitative estimate of drug-likeness (QED) is 0.737. The standard InChI is InChI=1S/C11H24N2O2S/c1-3-13(7-8-16(2,14)15)10-11-5-4-6-12-9-11/h11-12H,3-10H2,1-2H3. The third-order valence-corrected chi connectivity index (χ3v) is 4.07. The van der Waals surface area contributed by atoms with Crippen molar-refractivity contribution in [3.63, 3.8) is 0 Å². The van der Waals surface area contributed by atoms with Crippen LogP contribution in [0.25, 0.3) is 0 Å². The van der Waals surface area contributed by atoms with Crippen LogP contribution < -0.4 is 5.32 Å². The maximum atomic E-state index is 11.1. The van der Waals surface area contributed by atoms with Crippen LogP contribution in [-0.4, -0.2) is 58.1 Å². The fraction of sp³-hybridized carbons (Fsp3) is 1.00. The van der Waals surface area contributed by atoms with E-state index < -0.39 is 9.84 Å². The molecule has 1 heterocycles. The molecule has 0 aromatic heterocycles. The molecule has 0 radical (unpaired) electrons. The summed E-state index contributed by atoms with van der Waals surface area (Å²) in [5, 5.41) is 3.39. The SMILES string of the molecule is CCN(CCS(C)(=O)=O)CC1CCCNC1. The van der Waals surface area contributed by atoms with Gasteiger partial charge in [0, 0.05) is 19.3 Å². The highest BCUT2D eigenvalue weighted by Crippen LogP contribution is 2.11. The summed E-state index contributed by atoms with van der Waals surface area (Å²) in [5.74, 6) is 0.967. The number of hydrogen-bond acceptors (Lipinski definition) is 4. The molecule has 0 aromatic carbocycles. The van der Waals surface area contributed by atoms with Gasteiger partial charge in [-0.15, -0.1) is 0 Å². The summed E-state index contributed by atoms with van der Waals surface area (Å²) >= 11 is 0. The topological polar surface area (TPSA) is 49.4 Å². The number of sulfone groups is 1. The van der Waals surface area contributed by atoms with E-state index in [4.69, 9.17) is 0 Å². The van der Waals surface area contributed by atoms with Gasteiger partial charge in [-0.3, -0.25) is 0 Å². The predicted molar refractivity (Wildman–Crippen MR) is 67.4 cm³/mol. The lowest BCUT2D eigenvalue weighted by Crippen LogP contribution is -2.39. The fourth-order valence-electron chi connectivity index (χ4n) is 2.12. The van der Waals surface area contributed by atoms with Gasteiger partial charge in [-0.2, -0.15) is 0 Å². The Morgan fingerprint density at radius 2 is 2.19 bits per heavy atom. The Hall–Kier alpha value is -0.130. The largest absolute Gasteiger partial charge is 0.316 e. The van der Waals surface area contributed by atoms with Crippen LogP contribution in [0, 0.1) is 5.92 Å². The van der Waals surface area contributed by atoms with Crippen LogP contribution in [0.4, 0.5) is 0 Å². The van der Waals surface area contributed by atoms with E-state index in [2.05, 4.69) is 17.1 Å². The highest BCUT2D eigenvalue weighted by atomic mass is 32.2. The smallest absolute Gasteiger partial charge is 0.148 e. The van der Waals surface area contributed by atoms with E-state index in [1.54, 1.807) is 0 Å². The molecule has 1 atom stereocenters. The first kappa shape index (κ1) is 13.9. The average Bonchev–Trinajstić information content (AvgIpc) is 2.24. The molecule has 0 bridgehead atoms. The van der Waals surface area contributed by atoms with Gasteiger partial charge in [0.1, 0.15) is 9.84 Å². The van der Waals surface area contributed by atoms with Crippen molar-refractivity contribution in [1.82, 2.24) is 10.2 Å². The monoisotopic (exact) mass is 248 g/mol. The first-order chi connectivity index (χ1) is 7.51. The number of hydrogen-bond donors (Lipinski definition) is 1. The highest BCUT2D eigenvalue weighted by molar-refractivity contribution is 7.90. The van der Waals surface area contributed by atoms with Crippen LogP contribution in [0.1, 0.15) is 19.8 Å². The minimum absolute atomic E-state index is 0.279. The molecule has 1 N–H and O–H groups in total. The van der Waals surface area contributed by atoms with E-state index in [0.29, 0.717) is 12.5 Å². The van der Waals surface area contributed by atoms with Crippen molar-refractivity contribution < 1.29 is 8.42 Å². The first-order valence-corrected chi connectivity index (χ1v) is 8.18. The van der Waals surface area contributed by atoms with Crippen LogP contribution in [0.3, 0.4) is 0 Å². The minimum Gasteiger partial charge on any atom is -0.316 e. The molecule has 4 nitrogen and oxygen atoms in total. The lowest BCUT2D eigenvalue weighted by Gasteiger charge is -2.29. The van der Waals surface area contributed by atoms with Crippen molar-refractivity contribution >= 4 is 9.84 Å². The van der Waals surface area contributed by atoms with Crippen molar-refractivity contribution in [3.8, 4) is 0 Å². The molecule has 0 saturated carbocycles. The van der Waals surface area contributed by atoms with Gasteiger partial charge in [0.05, 0.1) is 5.75 Å². The molecule has 16 heavy (non-hydrogen) atoms. The van der Waals surface area contributed by atoms with Crippen LogP contribution in [0.15, 0.2) is 0 Å². The zero-order valence-electron chi connectivity index (χ0n) is 10.4. The summed E-state index contributed by atoms with van der Waals surface area (Å²) in [6.45, 7) is 6.94. The van der Waals surface area contributed by atoms with Gasteiger partial charge in [0.2, 0.25) is 0 Å². The fourth-order valence-corrected chi connectivity index (χ4v) is 2.71. The third-order valence-electron chi connectivity index (χ3n) is 3.14. The molecule has 5 heteroatoms. The van der Waals surface area contributed by atoms with Gasteiger partial charge in [-0.25, -0.2) is 8.42 Å². The Bertz CT molecular complexity index is 284. The molecule has 1 rings (SSSR count). The van der Waals surface area contributed by atoms with Crippen LogP contribution >= 0.6 is 0 Å². The molecule has 0 aliphatic carbocycles. The normalized spacial score (nSPS) is 22.6. The molecule has 1 unspecified atom stereocenters. The van der Waals surface area contributed by atoms with Crippen molar-refractivity contribution in [2.24, 2.45) is 5.92 Å². The minimum atomic E-state index is -2.83.